The molecule has 1 aromatic carbocycles. The fourth-order valence-corrected chi connectivity index (χ4v) is 4.28. The lowest BCUT2D eigenvalue weighted by atomic mass is 10.1. The molecule has 0 aliphatic carbocycles. The van der Waals surface area contributed by atoms with E-state index in [1.807, 2.05) is 6.07 Å². The molecular weight excluding hydrogens is 266 g/mol. The van der Waals surface area contributed by atoms with Gasteiger partial charge < -0.3 is 10.6 Å². The smallest absolute Gasteiger partial charge is 0.0726 e. The molecule has 1 aliphatic heterocycles. The van der Waals surface area contributed by atoms with E-state index in [2.05, 4.69) is 59.8 Å². The predicted octanol–water partition coefficient (Wildman–Crippen LogP) is 3.02. The maximum absolute atomic E-state index is 5.81. The summed E-state index contributed by atoms with van der Waals surface area (Å²) in [5.74, 6) is 0. The van der Waals surface area contributed by atoms with Gasteiger partial charge in [-0.25, -0.2) is 0 Å². The summed E-state index contributed by atoms with van der Waals surface area (Å²) in [7, 11) is 0. The van der Waals surface area contributed by atoms with Gasteiger partial charge in [0.2, 0.25) is 0 Å². The highest BCUT2D eigenvalue weighted by Crippen LogP contribution is 2.33. The molecule has 3 rings (SSSR count). The summed E-state index contributed by atoms with van der Waals surface area (Å²) < 4.78 is 0. The van der Waals surface area contributed by atoms with Crippen LogP contribution in [-0.4, -0.2) is 28.6 Å². The topological polar surface area (TPSA) is 42.1 Å². The first-order valence-corrected chi connectivity index (χ1v) is 8.11. The van der Waals surface area contributed by atoms with Crippen molar-refractivity contribution in [1.29, 1.82) is 0 Å². The van der Waals surface area contributed by atoms with Gasteiger partial charge in [-0.3, -0.25) is 4.98 Å². The second-order valence-electron chi connectivity index (χ2n) is 5.52. The van der Waals surface area contributed by atoms with Crippen LogP contribution in [0.3, 0.4) is 0 Å². The summed E-state index contributed by atoms with van der Waals surface area (Å²) in [6.07, 6.45) is 0. The molecule has 20 heavy (non-hydrogen) atoms. The Labute approximate surface area is 124 Å². The summed E-state index contributed by atoms with van der Waals surface area (Å²) >= 11 is 2.07. The predicted molar refractivity (Wildman–Crippen MR) is 88.4 cm³/mol. The van der Waals surface area contributed by atoms with Crippen LogP contribution >= 0.6 is 11.8 Å². The van der Waals surface area contributed by atoms with Gasteiger partial charge in [-0.05, 0) is 12.1 Å². The van der Waals surface area contributed by atoms with E-state index in [4.69, 9.17) is 5.73 Å². The Kier molecular flexibility index (Phi) is 3.85. The Morgan fingerprint density at radius 2 is 1.95 bits per heavy atom. The molecule has 1 saturated heterocycles. The summed E-state index contributed by atoms with van der Waals surface area (Å²) in [4.78, 5) is 7.13. The number of nitrogens with two attached hydrogens (primary N) is 1. The second-order valence-corrected chi connectivity index (χ2v) is 7.40. The van der Waals surface area contributed by atoms with E-state index in [9.17, 15) is 0 Å². The second kappa shape index (κ2) is 5.62. The lowest BCUT2D eigenvalue weighted by molar-refractivity contribution is 0.729. The molecule has 4 heteroatoms. The molecule has 0 amide bonds. The molecular formula is C16H21N3S. The molecule has 0 bridgehead atoms. The Balaban J connectivity index is 2.09. The number of thioether (sulfide) groups is 1. The maximum atomic E-state index is 5.81. The summed E-state index contributed by atoms with van der Waals surface area (Å²) in [6, 6.07) is 10.5. The largest absolute Gasteiger partial charge is 0.369 e. The van der Waals surface area contributed by atoms with Crippen molar-refractivity contribution in [3.05, 3.63) is 36.0 Å². The van der Waals surface area contributed by atoms with Crippen LogP contribution in [0.15, 0.2) is 30.3 Å². The highest BCUT2D eigenvalue weighted by Gasteiger charge is 2.24. The Hall–Kier alpha value is -1.26. The highest BCUT2D eigenvalue weighted by molar-refractivity contribution is 8.00. The zero-order chi connectivity index (χ0) is 14.1. The van der Waals surface area contributed by atoms with Crippen LogP contribution in [0, 0.1) is 0 Å². The van der Waals surface area contributed by atoms with Crippen molar-refractivity contribution in [1.82, 2.24) is 4.98 Å². The van der Waals surface area contributed by atoms with E-state index in [1.54, 1.807) is 0 Å². The molecule has 2 unspecified atom stereocenters. The number of aromatic nitrogens is 1. The quantitative estimate of drug-likeness (QED) is 0.922. The van der Waals surface area contributed by atoms with Crippen LogP contribution in [-0.2, 0) is 6.54 Å². The van der Waals surface area contributed by atoms with Gasteiger partial charge >= 0.3 is 0 Å². The zero-order valence-corrected chi connectivity index (χ0v) is 12.9. The van der Waals surface area contributed by atoms with E-state index in [0.29, 0.717) is 17.0 Å². The molecule has 106 valence electrons. The number of benzene rings is 1. The van der Waals surface area contributed by atoms with Crippen molar-refractivity contribution in [2.75, 3.05) is 18.0 Å². The summed E-state index contributed by atoms with van der Waals surface area (Å²) in [5.41, 5.74) is 9.11. The van der Waals surface area contributed by atoms with E-state index in [-0.39, 0.29) is 0 Å². The SMILES string of the molecule is CC1CN(c2cc(CN)nc3ccccc23)CC(C)S1. The first-order chi connectivity index (χ1) is 9.67. The molecule has 0 radical (unpaired) electrons. The highest BCUT2D eigenvalue weighted by atomic mass is 32.2. The molecule has 0 spiro atoms. The van der Waals surface area contributed by atoms with Gasteiger partial charge in [0.05, 0.1) is 11.2 Å². The maximum Gasteiger partial charge on any atom is 0.0726 e. The number of hydrogen-bond donors (Lipinski definition) is 1. The van der Waals surface area contributed by atoms with E-state index in [0.717, 1.165) is 24.3 Å². The van der Waals surface area contributed by atoms with Gasteiger partial charge in [0.25, 0.3) is 0 Å². The number of para-hydroxylation sites is 1. The minimum Gasteiger partial charge on any atom is -0.369 e. The van der Waals surface area contributed by atoms with Crippen LogP contribution in [0.1, 0.15) is 19.5 Å². The van der Waals surface area contributed by atoms with Crippen molar-refractivity contribution in [3.8, 4) is 0 Å². The van der Waals surface area contributed by atoms with Crippen LogP contribution in [0.25, 0.3) is 10.9 Å². The number of pyridine rings is 1. The molecule has 1 fully saturated rings. The summed E-state index contributed by atoms with van der Waals surface area (Å²) in [5, 5.41) is 2.55. The molecule has 2 N–H and O–H groups in total. The Morgan fingerprint density at radius 1 is 1.25 bits per heavy atom. The summed E-state index contributed by atoms with van der Waals surface area (Å²) in [6.45, 7) is 7.28. The molecule has 1 aliphatic rings. The number of hydrogen-bond acceptors (Lipinski definition) is 4. The Bertz CT molecular complexity index is 604. The van der Waals surface area contributed by atoms with E-state index < -0.39 is 0 Å². The normalized spacial score (nSPS) is 23.2. The molecule has 1 aromatic heterocycles. The van der Waals surface area contributed by atoms with Gasteiger partial charge in [0, 0.05) is 41.2 Å². The minimum absolute atomic E-state index is 0.492. The molecule has 2 heterocycles. The Morgan fingerprint density at radius 3 is 2.65 bits per heavy atom. The third-order valence-corrected chi connectivity index (χ3v) is 4.94. The van der Waals surface area contributed by atoms with Crippen molar-refractivity contribution in [2.24, 2.45) is 5.73 Å². The minimum atomic E-state index is 0.492. The zero-order valence-electron chi connectivity index (χ0n) is 12.0. The lowest BCUT2D eigenvalue weighted by Gasteiger charge is -2.37. The van der Waals surface area contributed by atoms with Gasteiger partial charge in [-0.2, -0.15) is 11.8 Å². The molecule has 2 aromatic rings. The van der Waals surface area contributed by atoms with Crippen LogP contribution in [0.4, 0.5) is 5.69 Å². The van der Waals surface area contributed by atoms with Crippen LogP contribution in [0.5, 0.6) is 0 Å². The van der Waals surface area contributed by atoms with Gasteiger partial charge in [-0.1, -0.05) is 32.0 Å². The number of anilines is 1. The number of fused-ring (bicyclic) bond motifs is 1. The standard InChI is InChI=1S/C16H21N3S/c1-11-9-19(10-12(2)20-11)16-7-13(8-17)18-15-6-4-3-5-14(15)16/h3-7,11-12H,8-10,17H2,1-2H3. The number of rotatable bonds is 2. The van der Waals surface area contributed by atoms with Crippen molar-refractivity contribution in [2.45, 2.75) is 30.9 Å². The van der Waals surface area contributed by atoms with E-state index >= 15 is 0 Å². The number of nitrogens with zero attached hydrogens (tertiary/aromatic N) is 2. The van der Waals surface area contributed by atoms with E-state index in [1.165, 1.54) is 11.1 Å². The van der Waals surface area contributed by atoms with Crippen LogP contribution in [0.2, 0.25) is 0 Å². The first kappa shape index (κ1) is 13.7. The third-order valence-electron chi connectivity index (χ3n) is 3.72. The van der Waals surface area contributed by atoms with Gasteiger partial charge in [0.15, 0.2) is 0 Å². The van der Waals surface area contributed by atoms with Gasteiger partial charge in [-0.15, -0.1) is 0 Å². The fraction of sp³-hybridized carbons (Fsp3) is 0.438. The monoisotopic (exact) mass is 287 g/mol. The molecule has 2 atom stereocenters. The van der Waals surface area contributed by atoms with Crippen molar-refractivity contribution >= 4 is 28.4 Å². The van der Waals surface area contributed by atoms with Crippen LogP contribution < -0.4 is 10.6 Å². The average molecular weight is 287 g/mol. The molecule has 3 nitrogen and oxygen atoms in total. The fourth-order valence-electron chi connectivity index (χ4n) is 2.95. The third kappa shape index (κ3) is 2.63. The van der Waals surface area contributed by atoms with Gasteiger partial charge in [0.1, 0.15) is 0 Å². The molecule has 0 saturated carbocycles. The van der Waals surface area contributed by atoms with Crippen molar-refractivity contribution < 1.29 is 0 Å². The average Bonchev–Trinajstić information content (AvgIpc) is 2.45. The first-order valence-electron chi connectivity index (χ1n) is 7.16. The van der Waals surface area contributed by atoms with Crippen molar-refractivity contribution in [3.63, 3.8) is 0 Å². The lowest BCUT2D eigenvalue weighted by Crippen LogP contribution is -2.40.